The maximum Gasteiger partial charge on any atom is 0.375 e. The van der Waals surface area contributed by atoms with E-state index in [1.54, 1.807) is 46.8 Å². The fraction of sp³-hybridized carbons (Fsp3) is 0.321. The zero-order valence-electron chi connectivity index (χ0n) is 21.1. The molecule has 0 saturated carbocycles. The number of anilines is 1. The van der Waals surface area contributed by atoms with Crippen molar-refractivity contribution in [1.29, 1.82) is 0 Å². The Morgan fingerprint density at radius 2 is 1.56 bits per heavy atom. The number of Topliss-reactive ketones (excluding diaryl/α,β-unsaturated/α-hetero) is 1. The van der Waals surface area contributed by atoms with Crippen LogP contribution in [-0.4, -0.2) is 36.9 Å². The predicted molar refractivity (Wildman–Crippen MR) is 139 cm³/mol. The lowest BCUT2D eigenvalue weighted by atomic mass is 10.1. The van der Waals surface area contributed by atoms with Gasteiger partial charge in [-0.1, -0.05) is 42.5 Å². The molecular weight excluding hydrogens is 478 g/mol. The van der Waals surface area contributed by atoms with Gasteiger partial charge < -0.3 is 9.64 Å². The van der Waals surface area contributed by atoms with Crippen LogP contribution in [0.15, 0.2) is 71.6 Å². The van der Waals surface area contributed by atoms with E-state index in [9.17, 15) is 22.8 Å². The van der Waals surface area contributed by atoms with E-state index in [-0.39, 0.29) is 11.4 Å². The van der Waals surface area contributed by atoms with Crippen LogP contribution in [0.25, 0.3) is 10.8 Å². The summed E-state index contributed by atoms with van der Waals surface area (Å²) in [6.45, 7) is 8.14. The number of esters is 1. The Morgan fingerprint density at radius 1 is 0.889 bits per heavy atom. The molecule has 0 fully saturated rings. The first-order chi connectivity index (χ1) is 16.8. The van der Waals surface area contributed by atoms with Gasteiger partial charge in [-0.3, -0.25) is 9.59 Å². The van der Waals surface area contributed by atoms with Gasteiger partial charge in [0.2, 0.25) is 11.7 Å². The van der Waals surface area contributed by atoms with E-state index >= 15 is 0 Å². The van der Waals surface area contributed by atoms with Crippen molar-refractivity contribution in [3.8, 4) is 0 Å². The van der Waals surface area contributed by atoms with E-state index in [0.717, 1.165) is 16.3 Å². The molecule has 0 bridgehead atoms. The molecule has 0 unspecified atom stereocenters. The first kappa shape index (κ1) is 27.1. The molecule has 190 valence electrons. The molecule has 0 spiro atoms. The summed E-state index contributed by atoms with van der Waals surface area (Å²) in [7, 11) is -3.60. The Hall–Kier alpha value is -3.52. The number of carbonyl (C=O) groups excluding carboxylic acids is 3. The van der Waals surface area contributed by atoms with Crippen LogP contribution in [0.2, 0.25) is 0 Å². The van der Waals surface area contributed by atoms with E-state index in [1.165, 1.54) is 17.0 Å². The molecule has 0 heterocycles. The number of fused-ring (bicyclic) bond motifs is 1. The summed E-state index contributed by atoms with van der Waals surface area (Å²) in [4.78, 5) is 39.4. The summed E-state index contributed by atoms with van der Waals surface area (Å²) in [6, 6.07) is 19.6. The van der Waals surface area contributed by atoms with Crippen molar-refractivity contribution >= 4 is 44.0 Å². The van der Waals surface area contributed by atoms with Gasteiger partial charge in [0, 0.05) is 5.69 Å². The highest BCUT2D eigenvalue weighted by molar-refractivity contribution is 7.92. The van der Waals surface area contributed by atoms with Crippen LogP contribution in [0.1, 0.15) is 46.6 Å². The highest BCUT2D eigenvalue weighted by atomic mass is 32.2. The molecule has 0 radical (unpaired) electrons. The molecule has 0 aliphatic carbocycles. The van der Waals surface area contributed by atoms with Crippen molar-refractivity contribution in [2.75, 3.05) is 4.90 Å². The van der Waals surface area contributed by atoms with Crippen LogP contribution in [0.4, 0.5) is 5.69 Å². The average Bonchev–Trinajstić information content (AvgIpc) is 2.81. The van der Waals surface area contributed by atoms with Crippen molar-refractivity contribution in [3.63, 3.8) is 0 Å². The second-order valence-corrected chi connectivity index (χ2v) is 12.4. The Kier molecular flexibility index (Phi) is 7.99. The summed E-state index contributed by atoms with van der Waals surface area (Å²) in [5, 5.41) is 1.36. The second kappa shape index (κ2) is 10.6. The number of ether oxygens (including phenoxy) is 1. The monoisotopic (exact) mass is 509 g/mol. The Morgan fingerprint density at radius 3 is 2.19 bits per heavy atom. The highest BCUT2D eigenvalue weighted by Crippen LogP contribution is 2.26. The average molecular weight is 510 g/mol. The fourth-order valence-corrected chi connectivity index (χ4v) is 4.68. The summed E-state index contributed by atoms with van der Waals surface area (Å²) in [5.74, 6) is -2.69. The summed E-state index contributed by atoms with van der Waals surface area (Å²) in [6.07, 6.45) is -0.705. The zero-order chi connectivity index (χ0) is 26.7. The van der Waals surface area contributed by atoms with E-state index < -0.39 is 44.8 Å². The smallest absolute Gasteiger partial charge is 0.375 e. The van der Waals surface area contributed by atoms with Crippen LogP contribution in [0, 0.1) is 0 Å². The standard InChI is InChI=1S/C28H31NO6S/c1-19(2)36(33,34)24-12-8-11-23(16-24)29(26(31)17-25(30)27(32)35-28(3,4)5)18-20-13-14-21-9-6-7-10-22(21)15-20/h6-16,19H,17-18H2,1-5H3. The van der Waals surface area contributed by atoms with Gasteiger partial charge in [0.05, 0.1) is 23.1 Å². The van der Waals surface area contributed by atoms with Crippen molar-refractivity contribution < 1.29 is 27.5 Å². The Balaban J connectivity index is 1.98. The van der Waals surface area contributed by atoms with Crippen LogP contribution in [-0.2, 0) is 35.5 Å². The third-order valence-corrected chi connectivity index (χ3v) is 7.62. The minimum Gasteiger partial charge on any atom is -0.454 e. The number of hydrogen-bond donors (Lipinski definition) is 0. The van der Waals surface area contributed by atoms with Gasteiger partial charge in [-0.15, -0.1) is 0 Å². The van der Waals surface area contributed by atoms with Gasteiger partial charge in [0.15, 0.2) is 9.84 Å². The van der Waals surface area contributed by atoms with Crippen LogP contribution in [0.5, 0.6) is 0 Å². The van der Waals surface area contributed by atoms with Gasteiger partial charge in [-0.05, 0) is 75.2 Å². The molecule has 7 nitrogen and oxygen atoms in total. The number of carbonyl (C=O) groups is 3. The van der Waals surface area contributed by atoms with E-state index in [4.69, 9.17) is 4.74 Å². The maximum atomic E-state index is 13.3. The van der Waals surface area contributed by atoms with Crippen molar-refractivity contribution in [2.24, 2.45) is 0 Å². The molecule has 0 aromatic heterocycles. The number of ketones is 1. The second-order valence-electron chi connectivity index (χ2n) is 9.85. The van der Waals surface area contributed by atoms with E-state index in [0.29, 0.717) is 5.69 Å². The number of benzene rings is 3. The largest absolute Gasteiger partial charge is 0.454 e. The number of nitrogens with zero attached hydrogens (tertiary/aromatic N) is 1. The molecule has 3 aromatic rings. The minimum atomic E-state index is -3.60. The van der Waals surface area contributed by atoms with Crippen LogP contribution in [0.3, 0.4) is 0 Å². The van der Waals surface area contributed by atoms with Gasteiger partial charge in [0.1, 0.15) is 5.60 Å². The van der Waals surface area contributed by atoms with Crippen LogP contribution < -0.4 is 4.90 Å². The van der Waals surface area contributed by atoms with Gasteiger partial charge in [-0.25, -0.2) is 13.2 Å². The van der Waals surface area contributed by atoms with E-state index in [2.05, 4.69) is 0 Å². The lowest BCUT2D eigenvalue weighted by molar-refractivity contribution is -0.163. The minimum absolute atomic E-state index is 0.0739. The maximum absolute atomic E-state index is 13.3. The number of rotatable bonds is 8. The molecule has 36 heavy (non-hydrogen) atoms. The van der Waals surface area contributed by atoms with Gasteiger partial charge in [-0.2, -0.15) is 0 Å². The molecule has 8 heteroatoms. The molecule has 0 N–H and O–H groups in total. The Bertz CT molecular complexity index is 1400. The molecule has 0 atom stereocenters. The lowest BCUT2D eigenvalue weighted by Gasteiger charge is -2.24. The van der Waals surface area contributed by atoms with Crippen molar-refractivity contribution in [2.45, 2.75) is 63.3 Å². The summed E-state index contributed by atoms with van der Waals surface area (Å²) >= 11 is 0. The van der Waals surface area contributed by atoms with Gasteiger partial charge >= 0.3 is 5.97 Å². The van der Waals surface area contributed by atoms with E-state index in [1.807, 2.05) is 42.5 Å². The summed E-state index contributed by atoms with van der Waals surface area (Å²) in [5.41, 5.74) is 0.218. The van der Waals surface area contributed by atoms with Crippen molar-refractivity contribution in [3.05, 3.63) is 72.3 Å². The molecule has 3 aromatic carbocycles. The lowest BCUT2D eigenvalue weighted by Crippen LogP contribution is -2.36. The quantitative estimate of drug-likeness (QED) is 0.244. The zero-order valence-corrected chi connectivity index (χ0v) is 22.0. The SMILES string of the molecule is CC(C)S(=O)(=O)c1cccc(N(Cc2ccc3ccccc3c2)C(=O)CC(=O)C(=O)OC(C)(C)C)c1. The number of hydrogen-bond acceptors (Lipinski definition) is 6. The van der Waals surface area contributed by atoms with Gasteiger partial charge in [0.25, 0.3) is 0 Å². The third-order valence-electron chi connectivity index (χ3n) is 5.47. The highest BCUT2D eigenvalue weighted by Gasteiger charge is 2.28. The molecule has 0 aliphatic rings. The first-order valence-corrected chi connectivity index (χ1v) is 13.2. The summed E-state index contributed by atoms with van der Waals surface area (Å²) < 4.78 is 30.6. The molecular formula is C28H31NO6S. The number of amides is 1. The molecule has 0 saturated heterocycles. The third kappa shape index (κ3) is 6.57. The van der Waals surface area contributed by atoms with Crippen molar-refractivity contribution in [1.82, 2.24) is 0 Å². The fourth-order valence-electron chi connectivity index (χ4n) is 3.58. The molecule has 0 aliphatic heterocycles. The first-order valence-electron chi connectivity index (χ1n) is 11.7. The molecule has 1 amide bonds. The molecule has 3 rings (SSSR count). The predicted octanol–water partition coefficient (Wildman–Crippen LogP) is 4.86. The topological polar surface area (TPSA) is 97.8 Å². The normalized spacial score (nSPS) is 11.9. The Labute approximate surface area is 212 Å². The number of sulfone groups is 1. The van der Waals surface area contributed by atoms with Crippen LogP contribution >= 0.6 is 0 Å².